The predicted octanol–water partition coefficient (Wildman–Crippen LogP) is 4.44. The highest BCUT2D eigenvalue weighted by atomic mass is 32.2. The number of anilines is 2. The number of fused-ring (bicyclic) bond motifs is 1. The van der Waals surface area contributed by atoms with E-state index in [4.69, 9.17) is 4.98 Å². The first-order valence-electron chi connectivity index (χ1n) is 9.04. The van der Waals surface area contributed by atoms with Gasteiger partial charge in [0.1, 0.15) is 21.7 Å². The maximum atomic E-state index is 11.6. The number of benzene rings is 2. The van der Waals surface area contributed by atoms with E-state index in [0.717, 1.165) is 21.9 Å². The minimum atomic E-state index is -3.22. The molecule has 0 fully saturated rings. The Labute approximate surface area is 173 Å². The summed E-state index contributed by atoms with van der Waals surface area (Å²) in [5.41, 5.74) is 5.23. The molecule has 2 aromatic carbocycles. The van der Waals surface area contributed by atoms with E-state index < -0.39 is 9.84 Å². The molecule has 0 spiro atoms. The number of aryl methyl sites for hydroxylation is 2. The Hall–Kier alpha value is -2.84. The molecule has 0 unspecified atom stereocenters. The molecule has 6 nitrogen and oxygen atoms in total. The third-order valence-corrected chi connectivity index (χ3v) is 6.85. The molecule has 4 rings (SSSR count). The van der Waals surface area contributed by atoms with E-state index in [1.165, 1.54) is 29.3 Å². The fraction of sp³-hybridized carbons (Fsp3) is 0.190. The van der Waals surface area contributed by atoms with E-state index in [-0.39, 0.29) is 4.90 Å². The number of nitrogens with zero attached hydrogens (tertiary/aromatic N) is 3. The highest BCUT2D eigenvalue weighted by Crippen LogP contribution is 2.29. The van der Waals surface area contributed by atoms with Crippen LogP contribution in [0, 0.1) is 13.8 Å². The first-order chi connectivity index (χ1) is 13.8. The lowest BCUT2D eigenvalue weighted by Gasteiger charge is -2.07. The number of sulfone groups is 1. The second-order valence-corrected chi connectivity index (χ2v) is 10.0. The summed E-state index contributed by atoms with van der Waals surface area (Å²) in [5.74, 6) is 0.603. The molecule has 0 aliphatic carbocycles. The van der Waals surface area contributed by atoms with E-state index in [0.29, 0.717) is 11.3 Å². The van der Waals surface area contributed by atoms with E-state index >= 15 is 0 Å². The van der Waals surface area contributed by atoms with Crippen molar-refractivity contribution in [1.82, 2.24) is 15.0 Å². The minimum absolute atomic E-state index is 0.278. The SMILES string of the molecule is Cc1cccc(C)c1Cc1nc2c(Nc3ccc(S(C)(=O)=O)cc3)ncnc2s1. The zero-order valence-corrected chi connectivity index (χ0v) is 17.9. The number of aromatic nitrogens is 3. The van der Waals surface area contributed by atoms with Gasteiger partial charge in [0.15, 0.2) is 15.7 Å². The highest BCUT2D eigenvalue weighted by molar-refractivity contribution is 7.90. The quantitative estimate of drug-likeness (QED) is 0.510. The first kappa shape index (κ1) is 19.5. The fourth-order valence-corrected chi connectivity index (χ4v) is 4.71. The maximum Gasteiger partial charge on any atom is 0.175 e. The predicted molar refractivity (Wildman–Crippen MR) is 117 cm³/mol. The Morgan fingerprint density at radius 1 is 1.00 bits per heavy atom. The number of rotatable bonds is 5. The fourth-order valence-electron chi connectivity index (χ4n) is 3.17. The molecule has 2 heterocycles. The lowest BCUT2D eigenvalue weighted by molar-refractivity contribution is 0.602. The van der Waals surface area contributed by atoms with Crippen LogP contribution in [0.3, 0.4) is 0 Å². The summed E-state index contributed by atoms with van der Waals surface area (Å²) < 4.78 is 23.3. The maximum absolute atomic E-state index is 11.6. The third kappa shape index (κ3) is 4.13. The van der Waals surface area contributed by atoms with Crippen LogP contribution in [0.1, 0.15) is 21.7 Å². The van der Waals surface area contributed by atoms with Crippen LogP contribution in [-0.2, 0) is 16.3 Å². The first-order valence-corrected chi connectivity index (χ1v) is 11.7. The number of thiazole rings is 1. The van der Waals surface area contributed by atoms with Crippen LogP contribution in [0.5, 0.6) is 0 Å². The van der Waals surface area contributed by atoms with Crippen LogP contribution >= 0.6 is 11.3 Å². The second-order valence-electron chi connectivity index (χ2n) is 6.95. The third-order valence-electron chi connectivity index (χ3n) is 4.76. The van der Waals surface area contributed by atoms with Gasteiger partial charge < -0.3 is 5.32 Å². The van der Waals surface area contributed by atoms with Gasteiger partial charge in [0.2, 0.25) is 0 Å². The van der Waals surface area contributed by atoms with Crippen LogP contribution in [0.25, 0.3) is 10.3 Å². The summed E-state index contributed by atoms with van der Waals surface area (Å²) in [4.78, 5) is 14.6. The van der Waals surface area contributed by atoms with Crippen molar-refractivity contribution in [2.24, 2.45) is 0 Å². The molecular weight excluding hydrogens is 404 g/mol. The second kappa shape index (κ2) is 7.53. The molecule has 148 valence electrons. The average molecular weight is 425 g/mol. The van der Waals surface area contributed by atoms with Gasteiger partial charge in [-0.2, -0.15) is 0 Å². The molecule has 0 bridgehead atoms. The molecule has 0 saturated carbocycles. The largest absolute Gasteiger partial charge is 0.338 e. The van der Waals surface area contributed by atoms with Gasteiger partial charge in [0.05, 0.1) is 4.90 Å². The lowest BCUT2D eigenvalue weighted by atomic mass is 10.0. The Bertz CT molecular complexity index is 1280. The summed E-state index contributed by atoms with van der Waals surface area (Å²) in [6.45, 7) is 4.23. The van der Waals surface area contributed by atoms with Crippen molar-refractivity contribution >= 4 is 43.0 Å². The smallest absolute Gasteiger partial charge is 0.175 e. The van der Waals surface area contributed by atoms with Gasteiger partial charge in [-0.1, -0.05) is 29.5 Å². The summed E-state index contributed by atoms with van der Waals surface area (Å²) >= 11 is 1.56. The van der Waals surface area contributed by atoms with Gasteiger partial charge in [-0.05, 0) is 54.8 Å². The van der Waals surface area contributed by atoms with Gasteiger partial charge in [-0.25, -0.2) is 23.4 Å². The summed E-state index contributed by atoms with van der Waals surface area (Å²) in [6.07, 6.45) is 3.45. The van der Waals surface area contributed by atoms with Crippen molar-refractivity contribution in [2.75, 3.05) is 11.6 Å². The molecule has 2 aromatic heterocycles. The molecule has 4 aromatic rings. The van der Waals surface area contributed by atoms with Crippen LogP contribution in [0.2, 0.25) is 0 Å². The van der Waals surface area contributed by atoms with Crippen molar-refractivity contribution in [2.45, 2.75) is 25.2 Å². The molecule has 1 N–H and O–H groups in total. The van der Waals surface area contributed by atoms with E-state index in [1.807, 2.05) is 0 Å². The Morgan fingerprint density at radius 2 is 1.69 bits per heavy atom. The molecule has 0 saturated heterocycles. The monoisotopic (exact) mass is 424 g/mol. The standard InChI is InChI=1S/C21H20N4O2S2/c1-13-5-4-6-14(2)17(13)11-18-25-19-20(22-12-23-21(19)28-18)24-15-7-9-16(10-8-15)29(3,26)27/h4-10,12H,11H2,1-3H3,(H,22,23,24). The molecular formula is C21H20N4O2S2. The van der Waals surface area contributed by atoms with Gasteiger partial charge in [0, 0.05) is 18.4 Å². The topological polar surface area (TPSA) is 84.8 Å². The molecule has 29 heavy (non-hydrogen) atoms. The number of hydrogen-bond donors (Lipinski definition) is 1. The zero-order valence-electron chi connectivity index (χ0n) is 16.3. The Balaban J connectivity index is 1.64. The van der Waals surface area contributed by atoms with Crippen molar-refractivity contribution in [3.8, 4) is 0 Å². The Morgan fingerprint density at radius 3 is 2.34 bits per heavy atom. The van der Waals surface area contributed by atoms with Gasteiger partial charge in [-0.15, -0.1) is 0 Å². The molecule has 0 radical (unpaired) electrons. The van der Waals surface area contributed by atoms with Gasteiger partial charge in [0.25, 0.3) is 0 Å². The molecule has 0 aliphatic rings. The summed E-state index contributed by atoms with van der Waals surface area (Å²) in [5, 5.41) is 4.20. The number of hydrogen-bond acceptors (Lipinski definition) is 7. The Kier molecular flexibility index (Phi) is 5.06. The normalized spacial score (nSPS) is 11.7. The van der Waals surface area contributed by atoms with E-state index in [9.17, 15) is 8.42 Å². The molecule has 0 amide bonds. The van der Waals surface area contributed by atoms with Crippen LogP contribution in [0.15, 0.2) is 53.7 Å². The molecule has 8 heteroatoms. The average Bonchev–Trinajstić information content (AvgIpc) is 3.08. The van der Waals surface area contributed by atoms with Crippen LogP contribution in [-0.4, -0.2) is 29.6 Å². The molecule has 0 aliphatic heterocycles. The van der Waals surface area contributed by atoms with Crippen molar-refractivity contribution in [3.63, 3.8) is 0 Å². The van der Waals surface area contributed by atoms with Crippen molar-refractivity contribution in [3.05, 3.63) is 70.5 Å². The van der Waals surface area contributed by atoms with Crippen LogP contribution in [0.4, 0.5) is 11.5 Å². The van der Waals surface area contributed by atoms with Crippen LogP contribution < -0.4 is 5.32 Å². The van der Waals surface area contributed by atoms with E-state index in [2.05, 4.69) is 47.3 Å². The zero-order chi connectivity index (χ0) is 20.6. The molecule has 0 atom stereocenters. The van der Waals surface area contributed by atoms with Crippen molar-refractivity contribution in [1.29, 1.82) is 0 Å². The number of nitrogens with one attached hydrogen (secondary N) is 1. The summed E-state index contributed by atoms with van der Waals surface area (Å²) in [6, 6.07) is 12.9. The minimum Gasteiger partial charge on any atom is -0.338 e. The van der Waals surface area contributed by atoms with Crippen molar-refractivity contribution < 1.29 is 8.42 Å². The van der Waals surface area contributed by atoms with Gasteiger partial charge in [-0.3, -0.25) is 0 Å². The van der Waals surface area contributed by atoms with E-state index in [1.54, 1.807) is 35.6 Å². The lowest BCUT2D eigenvalue weighted by Crippen LogP contribution is -1.99. The summed E-state index contributed by atoms with van der Waals surface area (Å²) in [7, 11) is -3.22. The van der Waals surface area contributed by atoms with Gasteiger partial charge >= 0.3 is 0 Å². The highest BCUT2D eigenvalue weighted by Gasteiger charge is 2.14.